The third-order valence-corrected chi connectivity index (χ3v) is 3.08. The lowest BCUT2D eigenvalue weighted by atomic mass is 9.90. The van der Waals surface area contributed by atoms with Gasteiger partial charge in [0.25, 0.3) is 5.91 Å². The molecule has 0 aromatic rings. The van der Waals surface area contributed by atoms with Crippen molar-refractivity contribution >= 4 is 5.91 Å². The van der Waals surface area contributed by atoms with E-state index < -0.39 is 0 Å². The highest BCUT2D eigenvalue weighted by Gasteiger charge is 2.16. The average Bonchev–Trinajstić information content (AvgIpc) is 2.27. The van der Waals surface area contributed by atoms with Gasteiger partial charge in [-0.3, -0.25) is 4.79 Å². The van der Waals surface area contributed by atoms with Gasteiger partial charge in [-0.1, -0.05) is 27.2 Å². The van der Waals surface area contributed by atoms with Gasteiger partial charge in [0, 0.05) is 13.0 Å². The number of amides is 1. The molecule has 1 atom stereocenters. The number of hydrogen-bond acceptors (Lipinski definition) is 1. The first kappa shape index (κ1) is 17.4. The quantitative estimate of drug-likeness (QED) is 0.513. The van der Waals surface area contributed by atoms with E-state index in [1.165, 1.54) is 12.8 Å². The Labute approximate surface area is 112 Å². The van der Waals surface area contributed by atoms with Crippen molar-refractivity contribution < 1.29 is 16.3 Å². The highest BCUT2D eigenvalue weighted by Crippen LogP contribution is 2.21. The molecule has 0 aliphatic heterocycles. The van der Waals surface area contributed by atoms with Crippen LogP contribution in [0.25, 0.3) is 0 Å². The standard InChI is InChI=1S/C14H31N3O/c1-14(2,3)9-5-7-11-17-13(18)12(16)8-4-6-10-15/h12H,4-11,15-16H2,1-3H3,(H,17,18)/p+2/t12-/m1/s1. The molecule has 4 nitrogen and oxygen atoms in total. The molecule has 0 aliphatic carbocycles. The SMILES string of the molecule is CC(C)(C)CCCCNC(=O)[C@H]([NH3+])CCCC[NH3+]. The summed E-state index contributed by atoms with van der Waals surface area (Å²) in [6, 6.07) is -0.0980. The van der Waals surface area contributed by atoms with Crippen molar-refractivity contribution in [2.75, 3.05) is 13.1 Å². The van der Waals surface area contributed by atoms with E-state index in [1.807, 2.05) is 0 Å². The van der Waals surface area contributed by atoms with Gasteiger partial charge in [0.15, 0.2) is 6.04 Å². The molecule has 7 N–H and O–H groups in total. The van der Waals surface area contributed by atoms with E-state index in [0.29, 0.717) is 5.41 Å². The van der Waals surface area contributed by atoms with Crippen LogP contribution in [-0.4, -0.2) is 25.0 Å². The highest BCUT2D eigenvalue weighted by molar-refractivity contribution is 5.79. The van der Waals surface area contributed by atoms with E-state index in [2.05, 4.69) is 37.6 Å². The van der Waals surface area contributed by atoms with E-state index in [9.17, 15) is 4.79 Å². The van der Waals surface area contributed by atoms with Crippen LogP contribution in [0.4, 0.5) is 0 Å². The Balaban J connectivity index is 3.52. The van der Waals surface area contributed by atoms with Gasteiger partial charge >= 0.3 is 0 Å². The molecule has 108 valence electrons. The molecule has 0 rings (SSSR count). The zero-order chi connectivity index (χ0) is 14.0. The van der Waals surface area contributed by atoms with Crippen molar-refractivity contribution in [1.82, 2.24) is 5.32 Å². The van der Waals surface area contributed by atoms with Gasteiger partial charge in [-0.25, -0.2) is 0 Å². The lowest BCUT2D eigenvalue weighted by Crippen LogP contribution is -2.67. The molecule has 0 fully saturated rings. The molecule has 1 amide bonds. The summed E-state index contributed by atoms with van der Waals surface area (Å²) in [6.07, 6.45) is 6.46. The molecule has 0 aliphatic rings. The molecule has 0 aromatic carbocycles. The molecule has 0 spiro atoms. The summed E-state index contributed by atoms with van der Waals surface area (Å²) < 4.78 is 0. The van der Waals surface area contributed by atoms with Crippen molar-refractivity contribution in [3.8, 4) is 0 Å². The minimum Gasteiger partial charge on any atom is -0.358 e. The molecular formula is C14H33N3O+2. The molecule has 4 heteroatoms. The summed E-state index contributed by atoms with van der Waals surface area (Å²) in [4.78, 5) is 11.7. The van der Waals surface area contributed by atoms with Gasteiger partial charge in [0.05, 0.1) is 6.54 Å². The molecule has 18 heavy (non-hydrogen) atoms. The Bertz CT molecular complexity index is 224. The molecule has 0 aromatic heterocycles. The van der Waals surface area contributed by atoms with E-state index in [4.69, 9.17) is 0 Å². The normalized spacial score (nSPS) is 13.4. The van der Waals surface area contributed by atoms with Crippen LogP contribution in [-0.2, 0) is 4.79 Å². The summed E-state index contributed by atoms with van der Waals surface area (Å²) in [7, 11) is 0. The first-order valence-electron chi connectivity index (χ1n) is 7.27. The van der Waals surface area contributed by atoms with E-state index in [1.54, 1.807) is 0 Å². The minimum atomic E-state index is -0.0980. The molecular weight excluding hydrogens is 226 g/mol. The Hall–Kier alpha value is -0.610. The van der Waals surface area contributed by atoms with Gasteiger partial charge < -0.3 is 16.8 Å². The first-order chi connectivity index (χ1) is 8.37. The molecule has 0 heterocycles. The molecule has 0 bridgehead atoms. The van der Waals surface area contributed by atoms with Crippen molar-refractivity contribution in [3.05, 3.63) is 0 Å². The maximum atomic E-state index is 11.7. The smallest absolute Gasteiger partial charge is 0.278 e. The summed E-state index contributed by atoms with van der Waals surface area (Å²) in [5.41, 5.74) is 8.11. The van der Waals surface area contributed by atoms with E-state index >= 15 is 0 Å². The number of quaternary nitrogens is 2. The van der Waals surface area contributed by atoms with Crippen LogP contribution < -0.4 is 16.8 Å². The summed E-state index contributed by atoms with van der Waals surface area (Å²) in [5, 5.41) is 2.98. The topological polar surface area (TPSA) is 84.4 Å². The Morgan fingerprint density at radius 2 is 1.83 bits per heavy atom. The zero-order valence-electron chi connectivity index (χ0n) is 12.6. The number of carbonyl (C=O) groups excluding carboxylic acids is 1. The van der Waals surface area contributed by atoms with E-state index in [-0.39, 0.29) is 11.9 Å². The second kappa shape index (κ2) is 9.34. The van der Waals surface area contributed by atoms with E-state index in [0.717, 1.165) is 38.8 Å². The maximum absolute atomic E-state index is 11.7. The van der Waals surface area contributed by atoms with Crippen LogP contribution in [0.3, 0.4) is 0 Å². The third-order valence-electron chi connectivity index (χ3n) is 3.08. The van der Waals surface area contributed by atoms with Gasteiger partial charge in [-0.2, -0.15) is 0 Å². The second-order valence-electron chi connectivity index (χ2n) is 6.36. The monoisotopic (exact) mass is 259 g/mol. The Kier molecular flexibility index (Phi) is 9.02. The summed E-state index contributed by atoms with van der Waals surface area (Å²) >= 11 is 0. The number of hydrogen-bond donors (Lipinski definition) is 3. The Morgan fingerprint density at radius 1 is 1.17 bits per heavy atom. The van der Waals surface area contributed by atoms with Crippen LogP contribution >= 0.6 is 0 Å². The number of rotatable bonds is 9. The Morgan fingerprint density at radius 3 is 2.39 bits per heavy atom. The van der Waals surface area contributed by atoms with Crippen LogP contribution in [0.5, 0.6) is 0 Å². The van der Waals surface area contributed by atoms with Crippen LogP contribution in [0.1, 0.15) is 59.3 Å². The predicted molar refractivity (Wildman–Crippen MR) is 74.6 cm³/mol. The summed E-state index contributed by atoms with van der Waals surface area (Å²) in [6.45, 7) is 8.48. The number of unbranched alkanes of at least 4 members (excludes halogenated alkanes) is 2. The van der Waals surface area contributed by atoms with Crippen molar-refractivity contribution in [2.24, 2.45) is 5.41 Å². The lowest BCUT2D eigenvalue weighted by Gasteiger charge is -2.17. The fraction of sp³-hybridized carbons (Fsp3) is 0.929. The van der Waals surface area contributed by atoms with Gasteiger partial charge in [0.2, 0.25) is 0 Å². The maximum Gasteiger partial charge on any atom is 0.278 e. The van der Waals surface area contributed by atoms with Gasteiger partial charge in [-0.15, -0.1) is 0 Å². The first-order valence-corrected chi connectivity index (χ1v) is 7.27. The fourth-order valence-corrected chi connectivity index (χ4v) is 1.83. The lowest BCUT2D eigenvalue weighted by molar-refractivity contribution is -0.406. The molecule has 0 saturated carbocycles. The van der Waals surface area contributed by atoms with Gasteiger partial charge in [-0.05, 0) is 31.1 Å². The van der Waals surface area contributed by atoms with Crippen molar-refractivity contribution in [2.45, 2.75) is 65.3 Å². The third kappa shape index (κ3) is 10.5. The average molecular weight is 259 g/mol. The largest absolute Gasteiger partial charge is 0.358 e. The number of nitrogens with one attached hydrogen (secondary N) is 1. The molecule has 0 saturated heterocycles. The zero-order valence-corrected chi connectivity index (χ0v) is 12.6. The minimum absolute atomic E-state index is 0.0980. The highest BCUT2D eigenvalue weighted by atomic mass is 16.2. The van der Waals surface area contributed by atoms with Crippen LogP contribution in [0, 0.1) is 5.41 Å². The molecule has 0 unspecified atom stereocenters. The van der Waals surface area contributed by atoms with Crippen molar-refractivity contribution in [3.63, 3.8) is 0 Å². The summed E-state index contributed by atoms with van der Waals surface area (Å²) in [5.74, 6) is 0.106. The van der Waals surface area contributed by atoms with Crippen LogP contribution in [0.2, 0.25) is 0 Å². The second-order valence-corrected chi connectivity index (χ2v) is 6.36. The number of carbonyl (C=O) groups is 1. The van der Waals surface area contributed by atoms with Gasteiger partial charge in [0.1, 0.15) is 0 Å². The van der Waals surface area contributed by atoms with Crippen molar-refractivity contribution in [1.29, 1.82) is 0 Å². The predicted octanol–water partition coefficient (Wildman–Crippen LogP) is 0.342. The fourth-order valence-electron chi connectivity index (χ4n) is 1.83. The molecule has 0 radical (unpaired) electrons. The van der Waals surface area contributed by atoms with Crippen LogP contribution in [0.15, 0.2) is 0 Å².